The van der Waals surface area contributed by atoms with Crippen LogP contribution in [0, 0.1) is 3.57 Å². The molecular formula is C16H28IN3O3Si. The summed E-state index contributed by atoms with van der Waals surface area (Å²) in [5.41, 5.74) is 5.33. The van der Waals surface area contributed by atoms with Crippen molar-refractivity contribution in [3.63, 3.8) is 0 Å². The fraction of sp³-hybridized carbons (Fsp3) is 0.750. The summed E-state index contributed by atoms with van der Waals surface area (Å²) in [7, 11) is -1.90. The zero-order valence-electron chi connectivity index (χ0n) is 15.3. The number of anilines is 1. The van der Waals surface area contributed by atoms with Crippen LogP contribution in [0.15, 0.2) is 11.0 Å². The average Bonchev–Trinajstić information content (AvgIpc) is 2.83. The highest BCUT2D eigenvalue weighted by atomic mass is 127. The highest BCUT2D eigenvalue weighted by Crippen LogP contribution is 2.41. The molecule has 0 unspecified atom stereocenters. The third-order valence-corrected chi connectivity index (χ3v) is 10.4. The minimum atomic E-state index is -1.90. The first kappa shape index (κ1) is 19.9. The van der Waals surface area contributed by atoms with Crippen LogP contribution in [0.1, 0.15) is 46.8 Å². The lowest BCUT2D eigenvalue weighted by Crippen LogP contribution is -2.45. The Morgan fingerprint density at radius 3 is 2.67 bits per heavy atom. The van der Waals surface area contributed by atoms with Gasteiger partial charge in [0.15, 0.2) is 8.32 Å². The normalized spacial score (nSPS) is 25.2. The van der Waals surface area contributed by atoms with Crippen LogP contribution in [0.2, 0.25) is 18.1 Å². The quantitative estimate of drug-likeness (QED) is 0.544. The summed E-state index contributed by atoms with van der Waals surface area (Å²) in [6, 6.07) is 0. The Hall–Kier alpha value is -0.453. The topological polar surface area (TPSA) is 79.4 Å². The molecule has 6 nitrogen and oxygen atoms in total. The van der Waals surface area contributed by atoms with Crippen LogP contribution in [-0.4, -0.2) is 30.1 Å². The third kappa shape index (κ3) is 4.02. The van der Waals surface area contributed by atoms with Gasteiger partial charge in [0.25, 0.3) is 0 Å². The molecule has 0 aliphatic carbocycles. The largest absolute Gasteiger partial charge is 0.411 e. The van der Waals surface area contributed by atoms with E-state index in [2.05, 4.69) is 68.4 Å². The van der Waals surface area contributed by atoms with Gasteiger partial charge < -0.3 is 14.9 Å². The van der Waals surface area contributed by atoms with Crippen LogP contribution in [0.4, 0.5) is 5.82 Å². The van der Waals surface area contributed by atoms with Crippen molar-refractivity contribution in [1.82, 2.24) is 9.55 Å². The van der Waals surface area contributed by atoms with Crippen LogP contribution >= 0.6 is 22.6 Å². The van der Waals surface area contributed by atoms with Gasteiger partial charge in [-0.15, -0.1) is 0 Å². The Labute approximate surface area is 158 Å². The Balaban J connectivity index is 2.24. The van der Waals surface area contributed by atoms with Crippen LogP contribution in [-0.2, 0) is 9.16 Å². The van der Waals surface area contributed by atoms with Gasteiger partial charge in [0, 0.05) is 12.6 Å². The van der Waals surface area contributed by atoms with E-state index >= 15 is 0 Å². The third-order valence-electron chi connectivity index (χ3n) is 5.08. The van der Waals surface area contributed by atoms with Gasteiger partial charge in [-0.2, -0.15) is 4.98 Å². The Morgan fingerprint density at radius 1 is 1.50 bits per heavy atom. The standard InChI is InChI=1S/C16H28IN3O3Si/c1-7-11-12(23-24(5,6)16(2,3)4)8-13(22-11)20-9-10(17)14(18)19-15(20)21/h9,11-13H,7-8H2,1-6H3,(H2,18,19,21)/t11-,12-,13-/m1/s1. The van der Waals surface area contributed by atoms with Crippen molar-refractivity contribution < 1.29 is 9.16 Å². The molecule has 24 heavy (non-hydrogen) atoms. The number of hydrogen-bond acceptors (Lipinski definition) is 5. The second kappa shape index (κ2) is 7.04. The van der Waals surface area contributed by atoms with Crippen molar-refractivity contribution in [2.75, 3.05) is 5.73 Å². The van der Waals surface area contributed by atoms with Gasteiger partial charge in [-0.05, 0) is 47.1 Å². The zero-order chi connectivity index (χ0) is 18.3. The summed E-state index contributed by atoms with van der Waals surface area (Å²) in [5, 5.41) is 0.137. The van der Waals surface area contributed by atoms with Crippen LogP contribution in [0.3, 0.4) is 0 Å². The van der Waals surface area contributed by atoms with Gasteiger partial charge in [0.1, 0.15) is 12.0 Å². The molecule has 0 radical (unpaired) electrons. The van der Waals surface area contributed by atoms with E-state index < -0.39 is 8.32 Å². The van der Waals surface area contributed by atoms with Crippen LogP contribution < -0.4 is 11.4 Å². The monoisotopic (exact) mass is 465 g/mol. The molecule has 2 rings (SSSR count). The molecule has 3 atom stereocenters. The summed E-state index contributed by atoms with van der Waals surface area (Å²) in [6.07, 6.45) is 2.88. The van der Waals surface area contributed by atoms with Crippen molar-refractivity contribution in [3.05, 3.63) is 20.3 Å². The van der Waals surface area contributed by atoms with Gasteiger partial charge >= 0.3 is 5.69 Å². The summed E-state index contributed by atoms with van der Waals surface area (Å²) >= 11 is 2.08. The molecule has 2 heterocycles. The molecule has 1 aliphatic rings. The van der Waals surface area contributed by atoms with Crippen molar-refractivity contribution in [2.45, 2.75) is 77.1 Å². The van der Waals surface area contributed by atoms with Crippen LogP contribution in [0.5, 0.6) is 0 Å². The molecule has 2 N–H and O–H groups in total. The Morgan fingerprint density at radius 2 is 2.12 bits per heavy atom. The number of ether oxygens (including phenoxy) is 1. The van der Waals surface area contributed by atoms with E-state index in [0.29, 0.717) is 6.42 Å². The molecule has 1 aromatic heterocycles. The zero-order valence-corrected chi connectivity index (χ0v) is 18.5. The Bertz CT molecular complexity index is 657. The van der Waals surface area contributed by atoms with Gasteiger partial charge in [0.05, 0.1) is 15.8 Å². The van der Waals surface area contributed by atoms with E-state index in [1.54, 1.807) is 6.20 Å². The smallest absolute Gasteiger partial charge is 0.351 e. The maximum atomic E-state index is 12.2. The molecule has 0 bridgehead atoms. The summed E-state index contributed by atoms with van der Waals surface area (Å²) < 4.78 is 15.0. The van der Waals surface area contributed by atoms with E-state index in [4.69, 9.17) is 14.9 Å². The minimum absolute atomic E-state index is 0.00278. The number of nitrogens with two attached hydrogens (primary N) is 1. The lowest BCUT2D eigenvalue weighted by atomic mass is 10.1. The molecule has 0 saturated carbocycles. The molecule has 0 aromatic carbocycles. The molecule has 8 heteroatoms. The summed E-state index contributed by atoms with van der Waals surface area (Å²) in [4.78, 5) is 16.1. The SMILES string of the molecule is CC[C@H]1O[C@@H](n2cc(I)c(N)nc2=O)C[C@H]1O[Si](C)(C)C(C)(C)C. The highest BCUT2D eigenvalue weighted by molar-refractivity contribution is 14.1. The average molecular weight is 465 g/mol. The van der Waals surface area contributed by atoms with Gasteiger partial charge in [0.2, 0.25) is 0 Å². The van der Waals surface area contributed by atoms with Crippen molar-refractivity contribution in [2.24, 2.45) is 0 Å². The number of halogens is 1. The van der Waals surface area contributed by atoms with Crippen molar-refractivity contribution in [1.29, 1.82) is 0 Å². The van der Waals surface area contributed by atoms with E-state index in [-0.39, 0.29) is 35.0 Å². The lowest BCUT2D eigenvalue weighted by Gasteiger charge is -2.39. The molecular weight excluding hydrogens is 437 g/mol. The van der Waals surface area contributed by atoms with E-state index in [1.165, 1.54) is 4.57 Å². The van der Waals surface area contributed by atoms with Gasteiger partial charge in [-0.3, -0.25) is 4.57 Å². The highest BCUT2D eigenvalue weighted by Gasteiger charge is 2.44. The summed E-state index contributed by atoms with van der Waals surface area (Å²) in [5.74, 6) is 0.260. The number of aromatic nitrogens is 2. The fourth-order valence-corrected chi connectivity index (χ4v) is 4.36. The predicted octanol–water partition coefficient (Wildman–Crippen LogP) is 3.52. The van der Waals surface area contributed by atoms with Crippen molar-refractivity contribution in [3.8, 4) is 0 Å². The molecule has 1 saturated heterocycles. The van der Waals surface area contributed by atoms with E-state index in [1.807, 2.05) is 0 Å². The maximum absolute atomic E-state index is 12.2. The number of rotatable bonds is 4. The summed E-state index contributed by atoms with van der Waals surface area (Å²) in [6.45, 7) is 13.3. The van der Waals surface area contributed by atoms with E-state index in [0.717, 1.165) is 9.99 Å². The number of hydrogen-bond donors (Lipinski definition) is 1. The predicted molar refractivity (Wildman–Crippen MR) is 107 cm³/mol. The number of nitrogens with zero attached hydrogens (tertiary/aromatic N) is 2. The molecule has 0 spiro atoms. The first-order chi connectivity index (χ1) is 11.0. The lowest BCUT2D eigenvalue weighted by molar-refractivity contribution is -0.0197. The number of nitrogen functional groups attached to an aromatic ring is 1. The van der Waals surface area contributed by atoms with Crippen LogP contribution in [0.25, 0.3) is 0 Å². The minimum Gasteiger partial charge on any atom is -0.411 e. The second-order valence-electron chi connectivity index (χ2n) is 7.85. The molecule has 1 aliphatic heterocycles. The van der Waals surface area contributed by atoms with Crippen molar-refractivity contribution >= 4 is 36.7 Å². The Kier molecular flexibility index (Phi) is 5.83. The fourth-order valence-electron chi connectivity index (χ4n) is 2.58. The first-order valence-corrected chi connectivity index (χ1v) is 12.3. The molecule has 1 fully saturated rings. The molecule has 0 amide bonds. The molecule has 136 valence electrons. The van der Waals surface area contributed by atoms with Gasteiger partial charge in [-0.1, -0.05) is 27.7 Å². The second-order valence-corrected chi connectivity index (χ2v) is 13.8. The van der Waals surface area contributed by atoms with Gasteiger partial charge in [-0.25, -0.2) is 4.79 Å². The molecule has 1 aromatic rings. The van der Waals surface area contributed by atoms with E-state index in [9.17, 15) is 4.79 Å². The maximum Gasteiger partial charge on any atom is 0.351 e. The first-order valence-electron chi connectivity index (χ1n) is 8.33.